The number of carboxylic acids is 1. The number of aryl methyl sites for hydroxylation is 1. The van der Waals surface area contributed by atoms with E-state index in [1.807, 2.05) is 13.8 Å². The molecule has 1 N–H and O–H groups in total. The summed E-state index contributed by atoms with van der Waals surface area (Å²) in [5.41, 5.74) is 2.51. The maximum Gasteiger partial charge on any atom is 0.337 e. The number of nitrogens with zero attached hydrogens (tertiary/aromatic N) is 1. The van der Waals surface area contributed by atoms with Crippen molar-refractivity contribution in [1.29, 1.82) is 0 Å². The molecule has 0 atom stereocenters. The summed E-state index contributed by atoms with van der Waals surface area (Å²) in [6.07, 6.45) is 2.07. The summed E-state index contributed by atoms with van der Waals surface area (Å²) in [5, 5.41) is 9.14. The molecule has 1 aromatic heterocycles. The van der Waals surface area contributed by atoms with Gasteiger partial charge < -0.3 is 14.4 Å². The Morgan fingerprint density at radius 1 is 1.44 bits per heavy atom. The Kier molecular flexibility index (Phi) is 3.48. The van der Waals surface area contributed by atoms with Crippen molar-refractivity contribution < 1.29 is 14.6 Å². The second-order valence-electron chi connectivity index (χ2n) is 5.60. The molecule has 0 amide bonds. The first-order valence-electron chi connectivity index (χ1n) is 6.41. The summed E-state index contributed by atoms with van der Waals surface area (Å²) in [5.74, 6) is -0.841. The van der Waals surface area contributed by atoms with Crippen LogP contribution in [-0.2, 0) is 11.3 Å². The summed E-state index contributed by atoms with van der Waals surface area (Å²) in [4.78, 5) is 11.1. The largest absolute Gasteiger partial charge is 0.478 e. The van der Waals surface area contributed by atoms with E-state index < -0.39 is 5.97 Å². The molecule has 0 radical (unpaired) electrons. The lowest BCUT2D eigenvalue weighted by Crippen LogP contribution is -2.31. The van der Waals surface area contributed by atoms with Crippen LogP contribution in [0.25, 0.3) is 0 Å². The maximum atomic E-state index is 11.1. The Hall–Kier alpha value is -1.29. The molecule has 0 saturated carbocycles. The second-order valence-corrected chi connectivity index (χ2v) is 5.60. The molecular weight excluding hydrogens is 230 g/mol. The van der Waals surface area contributed by atoms with Gasteiger partial charge in [0, 0.05) is 31.1 Å². The number of aromatic nitrogens is 1. The van der Waals surface area contributed by atoms with Crippen LogP contribution in [0, 0.1) is 19.3 Å². The molecule has 100 valence electrons. The summed E-state index contributed by atoms with van der Waals surface area (Å²) in [6, 6.07) is 1.76. The highest BCUT2D eigenvalue weighted by atomic mass is 16.5. The van der Waals surface area contributed by atoms with Gasteiger partial charge in [0.05, 0.1) is 5.56 Å². The lowest BCUT2D eigenvalue weighted by atomic mass is 9.82. The van der Waals surface area contributed by atoms with Gasteiger partial charge in [0.15, 0.2) is 0 Å². The molecule has 4 nitrogen and oxygen atoms in total. The Morgan fingerprint density at radius 2 is 2.06 bits per heavy atom. The van der Waals surface area contributed by atoms with Crippen molar-refractivity contribution >= 4 is 5.97 Å². The van der Waals surface area contributed by atoms with E-state index in [9.17, 15) is 4.79 Å². The van der Waals surface area contributed by atoms with E-state index in [-0.39, 0.29) is 5.41 Å². The Bertz CT molecular complexity index is 456. The van der Waals surface area contributed by atoms with E-state index >= 15 is 0 Å². The van der Waals surface area contributed by atoms with Gasteiger partial charge in [0.1, 0.15) is 0 Å². The molecule has 2 rings (SSSR count). The molecule has 0 spiro atoms. The lowest BCUT2D eigenvalue weighted by molar-refractivity contribution is 0.0150. The van der Waals surface area contributed by atoms with Gasteiger partial charge in [-0.05, 0) is 38.2 Å². The maximum absolute atomic E-state index is 11.1. The van der Waals surface area contributed by atoms with Crippen LogP contribution < -0.4 is 0 Å². The van der Waals surface area contributed by atoms with Gasteiger partial charge in [-0.15, -0.1) is 0 Å². The van der Waals surface area contributed by atoms with E-state index in [1.165, 1.54) is 0 Å². The fraction of sp³-hybridized carbons (Fsp3) is 0.643. The minimum absolute atomic E-state index is 0.211. The zero-order chi connectivity index (χ0) is 13.3. The zero-order valence-electron chi connectivity index (χ0n) is 11.3. The number of carboxylic acid groups (broad SMARTS) is 1. The van der Waals surface area contributed by atoms with Crippen LogP contribution in [0.15, 0.2) is 6.07 Å². The first-order valence-corrected chi connectivity index (χ1v) is 6.41. The quantitative estimate of drug-likeness (QED) is 0.898. The van der Waals surface area contributed by atoms with Gasteiger partial charge in [0.25, 0.3) is 0 Å². The SMILES string of the molecule is Cc1cc(C(=O)O)c(C)n1CC1(C)CCOCC1. The van der Waals surface area contributed by atoms with E-state index in [4.69, 9.17) is 9.84 Å². The molecule has 0 aliphatic carbocycles. The van der Waals surface area contributed by atoms with Gasteiger partial charge in [-0.2, -0.15) is 0 Å². The summed E-state index contributed by atoms with van der Waals surface area (Å²) in [7, 11) is 0. The summed E-state index contributed by atoms with van der Waals surface area (Å²) in [6.45, 7) is 8.61. The van der Waals surface area contributed by atoms with Crippen LogP contribution in [0.4, 0.5) is 0 Å². The van der Waals surface area contributed by atoms with Crippen molar-refractivity contribution in [2.45, 2.75) is 40.2 Å². The van der Waals surface area contributed by atoms with Crippen molar-refractivity contribution in [2.24, 2.45) is 5.41 Å². The monoisotopic (exact) mass is 251 g/mol. The van der Waals surface area contributed by atoms with Gasteiger partial charge in [-0.1, -0.05) is 6.92 Å². The van der Waals surface area contributed by atoms with Gasteiger partial charge in [-0.25, -0.2) is 4.79 Å². The third-order valence-corrected chi connectivity index (χ3v) is 4.04. The number of hydrogen-bond acceptors (Lipinski definition) is 2. The zero-order valence-corrected chi connectivity index (χ0v) is 11.3. The third kappa shape index (κ3) is 2.43. The van der Waals surface area contributed by atoms with Crippen molar-refractivity contribution in [1.82, 2.24) is 4.57 Å². The van der Waals surface area contributed by atoms with E-state index in [0.717, 1.165) is 44.0 Å². The van der Waals surface area contributed by atoms with E-state index in [1.54, 1.807) is 6.07 Å². The Labute approximate surface area is 108 Å². The van der Waals surface area contributed by atoms with Crippen molar-refractivity contribution in [3.05, 3.63) is 23.0 Å². The molecule has 4 heteroatoms. The molecule has 1 saturated heterocycles. The molecule has 1 aliphatic rings. The van der Waals surface area contributed by atoms with Gasteiger partial charge in [0.2, 0.25) is 0 Å². The van der Waals surface area contributed by atoms with Crippen LogP contribution in [0.5, 0.6) is 0 Å². The topological polar surface area (TPSA) is 51.5 Å². The predicted octanol–water partition coefficient (Wildman–Crippen LogP) is 2.62. The second kappa shape index (κ2) is 4.76. The molecule has 1 aliphatic heterocycles. The molecule has 1 aromatic rings. The Morgan fingerprint density at radius 3 is 2.56 bits per heavy atom. The molecule has 2 heterocycles. The third-order valence-electron chi connectivity index (χ3n) is 4.04. The summed E-state index contributed by atoms with van der Waals surface area (Å²) < 4.78 is 7.54. The predicted molar refractivity (Wildman–Crippen MR) is 69.0 cm³/mol. The number of hydrogen-bond donors (Lipinski definition) is 1. The molecule has 0 unspecified atom stereocenters. The van der Waals surface area contributed by atoms with Crippen molar-refractivity contribution in [2.75, 3.05) is 13.2 Å². The van der Waals surface area contributed by atoms with Crippen LogP contribution in [-0.4, -0.2) is 28.9 Å². The normalized spacial score (nSPS) is 18.8. The standard InChI is InChI=1S/C14H21NO3/c1-10-8-12(13(16)17)11(2)15(10)9-14(3)4-6-18-7-5-14/h8H,4-7,9H2,1-3H3,(H,16,17). The summed E-state index contributed by atoms with van der Waals surface area (Å²) >= 11 is 0. The fourth-order valence-corrected chi connectivity index (χ4v) is 2.66. The first kappa shape index (κ1) is 13.1. The molecule has 18 heavy (non-hydrogen) atoms. The molecular formula is C14H21NO3. The highest BCUT2D eigenvalue weighted by molar-refractivity contribution is 5.89. The first-order chi connectivity index (χ1) is 8.43. The average Bonchev–Trinajstić information content (AvgIpc) is 2.58. The smallest absolute Gasteiger partial charge is 0.337 e. The van der Waals surface area contributed by atoms with Crippen molar-refractivity contribution in [3.8, 4) is 0 Å². The van der Waals surface area contributed by atoms with E-state index in [2.05, 4.69) is 11.5 Å². The minimum atomic E-state index is -0.841. The van der Waals surface area contributed by atoms with Crippen LogP contribution >= 0.6 is 0 Å². The van der Waals surface area contributed by atoms with Gasteiger partial charge >= 0.3 is 5.97 Å². The highest BCUT2D eigenvalue weighted by Crippen LogP contribution is 2.33. The minimum Gasteiger partial charge on any atom is -0.478 e. The fourth-order valence-electron chi connectivity index (χ4n) is 2.66. The van der Waals surface area contributed by atoms with Crippen LogP contribution in [0.2, 0.25) is 0 Å². The number of ether oxygens (including phenoxy) is 1. The molecule has 1 fully saturated rings. The van der Waals surface area contributed by atoms with Crippen LogP contribution in [0.1, 0.15) is 41.5 Å². The average molecular weight is 251 g/mol. The van der Waals surface area contributed by atoms with Crippen LogP contribution in [0.3, 0.4) is 0 Å². The number of rotatable bonds is 3. The lowest BCUT2D eigenvalue weighted by Gasteiger charge is -2.34. The highest BCUT2D eigenvalue weighted by Gasteiger charge is 2.29. The van der Waals surface area contributed by atoms with E-state index in [0.29, 0.717) is 5.56 Å². The number of aromatic carboxylic acids is 1. The molecule has 0 aromatic carbocycles. The molecule has 0 bridgehead atoms. The number of carbonyl (C=O) groups is 1. The van der Waals surface area contributed by atoms with Crippen molar-refractivity contribution in [3.63, 3.8) is 0 Å². The van der Waals surface area contributed by atoms with Gasteiger partial charge in [-0.3, -0.25) is 0 Å². The Balaban J connectivity index is 2.26.